The van der Waals surface area contributed by atoms with Crippen LogP contribution in [0.2, 0.25) is 0 Å². The van der Waals surface area contributed by atoms with Crippen LogP contribution < -0.4 is 0 Å². The number of aliphatic hydroxyl groups is 2. The van der Waals surface area contributed by atoms with Gasteiger partial charge in [0.15, 0.2) is 0 Å². The second-order valence-corrected chi connectivity index (χ2v) is 12.8. The Morgan fingerprint density at radius 2 is 1.31 bits per heavy atom. The minimum absolute atomic E-state index is 0.0432. The minimum atomic E-state index is 0.0432. The van der Waals surface area contributed by atoms with Crippen LogP contribution in [-0.4, -0.2) is 49.9 Å². The van der Waals surface area contributed by atoms with Gasteiger partial charge >= 0.3 is 0 Å². The van der Waals surface area contributed by atoms with E-state index >= 15 is 0 Å². The molecule has 4 nitrogen and oxygen atoms in total. The molecule has 0 aliphatic heterocycles. The zero-order valence-corrected chi connectivity index (χ0v) is 28.1. The second kappa shape index (κ2) is 23.7. The highest BCUT2D eigenvalue weighted by atomic mass is 16.5. The monoisotopic (exact) mass is 584 g/mol. The Balaban J connectivity index is 2.87. The largest absolute Gasteiger partial charge is 0.394 e. The smallest absolute Gasteiger partial charge is 0.0697 e. The van der Waals surface area contributed by atoms with Crippen LogP contribution in [-0.2, 0) is 9.47 Å². The summed E-state index contributed by atoms with van der Waals surface area (Å²) in [5.74, 6) is 1.09. The Morgan fingerprint density at radius 3 is 1.88 bits per heavy atom. The molecule has 0 bridgehead atoms. The molecular weight excluding hydrogens is 520 g/mol. The first kappa shape index (κ1) is 38.3. The van der Waals surface area contributed by atoms with Gasteiger partial charge in [0.05, 0.1) is 39.6 Å². The molecule has 0 saturated heterocycles. The first-order chi connectivity index (χ1) is 20.2. The summed E-state index contributed by atoms with van der Waals surface area (Å²) in [6.07, 6.45) is 23.8. The van der Waals surface area contributed by atoms with E-state index in [-0.39, 0.29) is 13.2 Å². The van der Waals surface area contributed by atoms with Crippen molar-refractivity contribution in [3.8, 4) is 0 Å². The molecule has 0 amide bonds. The summed E-state index contributed by atoms with van der Waals surface area (Å²) >= 11 is 0. The maximum Gasteiger partial charge on any atom is 0.0697 e. The van der Waals surface area contributed by atoms with Crippen LogP contribution >= 0.6 is 0 Å². The van der Waals surface area contributed by atoms with Gasteiger partial charge in [-0.05, 0) is 130 Å². The SMILES string of the molecule is C=C(CC/C=C(\C)CCC=C(C)C)CC[C@H]1C=C(CC/C=C(\C)CCC=C(C)C)C[C@@H](COCCO)[C@@H]1COCCO. The van der Waals surface area contributed by atoms with Crippen LogP contribution in [0.25, 0.3) is 0 Å². The van der Waals surface area contributed by atoms with Crippen molar-refractivity contribution in [3.63, 3.8) is 0 Å². The molecular formula is C38H64O4. The zero-order valence-electron chi connectivity index (χ0n) is 28.1. The van der Waals surface area contributed by atoms with E-state index in [1.807, 2.05) is 0 Å². The average Bonchev–Trinajstić information content (AvgIpc) is 2.92. The fourth-order valence-electron chi connectivity index (χ4n) is 5.74. The summed E-state index contributed by atoms with van der Waals surface area (Å²) < 4.78 is 11.8. The van der Waals surface area contributed by atoms with Crippen molar-refractivity contribution in [2.75, 3.05) is 39.6 Å². The van der Waals surface area contributed by atoms with Crippen molar-refractivity contribution in [2.24, 2.45) is 17.8 Å². The fraction of sp³-hybridized carbons (Fsp3) is 0.684. The van der Waals surface area contributed by atoms with Gasteiger partial charge in [-0.1, -0.05) is 70.4 Å². The number of aliphatic hydroxyl groups excluding tert-OH is 2. The first-order valence-corrected chi connectivity index (χ1v) is 16.5. The van der Waals surface area contributed by atoms with Crippen LogP contribution in [0.15, 0.2) is 70.4 Å². The van der Waals surface area contributed by atoms with Gasteiger partial charge < -0.3 is 19.7 Å². The van der Waals surface area contributed by atoms with Gasteiger partial charge in [0.1, 0.15) is 0 Å². The van der Waals surface area contributed by atoms with Gasteiger partial charge in [0.25, 0.3) is 0 Å². The Hall–Kier alpha value is -1.72. The third-order valence-corrected chi connectivity index (χ3v) is 8.21. The van der Waals surface area contributed by atoms with Gasteiger partial charge in [0, 0.05) is 0 Å². The Kier molecular flexibility index (Phi) is 21.6. The zero-order chi connectivity index (χ0) is 31.2. The lowest BCUT2D eigenvalue weighted by molar-refractivity contribution is -0.00380. The van der Waals surface area contributed by atoms with Crippen molar-refractivity contribution >= 4 is 0 Å². The second-order valence-electron chi connectivity index (χ2n) is 12.8. The molecule has 1 aliphatic carbocycles. The van der Waals surface area contributed by atoms with Crippen molar-refractivity contribution in [2.45, 2.75) is 112 Å². The Bertz CT molecular complexity index is 896. The van der Waals surface area contributed by atoms with Crippen molar-refractivity contribution in [1.29, 1.82) is 0 Å². The quantitative estimate of drug-likeness (QED) is 0.0927. The summed E-state index contributed by atoms with van der Waals surface area (Å²) in [4.78, 5) is 0. The average molecular weight is 585 g/mol. The fourth-order valence-corrected chi connectivity index (χ4v) is 5.74. The molecule has 240 valence electrons. The van der Waals surface area contributed by atoms with Gasteiger partial charge in [-0.2, -0.15) is 0 Å². The third kappa shape index (κ3) is 18.7. The van der Waals surface area contributed by atoms with Gasteiger partial charge in [-0.25, -0.2) is 0 Å². The maximum atomic E-state index is 9.32. The van der Waals surface area contributed by atoms with Crippen LogP contribution in [0.1, 0.15) is 112 Å². The molecule has 2 N–H and O–H groups in total. The molecule has 3 atom stereocenters. The highest BCUT2D eigenvalue weighted by Gasteiger charge is 2.33. The Labute approximate surface area is 259 Å². The van der Waals surface area contributed by atoms with E-state index in [9.17, 15) is 10.2 Å². The Morgan fingerprint density at radius 1 is 0.762 bits per heavy atom. The van der Waals surface area contributed by atoms with E-state index < -0.39 is 0 Å². The normalized spacial score (nSPS) is 19.4. The number of allylic oxidation sites excluding steroid dienone is 11. The lowest BCUT2D eigenvalue weighted by atomic mass is 9.71. The summed E-state index contributed by atoms with van der Waals surface area (Å²) in [6.45, 7) is 19.7. The molecule has 0 spiro atoms. The topological polar surface area (TPSA) is 58.9 Å². The van der Waals surface area contributed by atoms with Gasteiger partial charge in [-0.15, -0.1) is 0 Å². The predicted octanol–water partition coefficient (Wildman–Crippen LogP) is 9.47. The number of hydrogen-bond donors (Lipinski definition) is 2. The molecule has 0 aromatic heterocycles. The lowest BCUT2D eigenvalue weighted by Crippen LogP contribution is -2.34. The number of hydrogen-bond acceptors (Lipinski definition) is 4. The highest BCUT2D eigenvalue weighted by Crippen LogP contribution is 2.39. The van der Waals surface area contributed by atoms with E-state index in [0.717, 1.165) is 70.6 Å². The van der Waals surface area contributed by atoms with Crippen molar-refractivity contribution in [1.82, 2.24) is 0 Å². The molecule has 4 heteroatoms. The van der Waals surface area contributed by atoms with E-state index in [4.69, 9.17) is 9.47 Å². The molecule has 1 aliphatic rings. The van der Waals surface area contributed by atoms with Crippen molar-refractivity contribution < 1.29 is 19.7 Å². The van der Waals surface area contributed by atoms with Crippen LogP contribution in [0.5, 0.6) is 0 Å². The summed E-state index contributed by atoms with van der Waals surface area (Å²) in [5.41, 5.74) is 8.55. The van der Waals surface area contributed by atoms with E-state index in [1.54, 1.807) is 0 Å². The van der Waals surface area contributed by atoms with E-state index in [2.05, 4.69) is 78.5 Å². The number of rotatable bonds is 23. The lowest BCUT2D eigenvalue weighted by Gasteiger charge is -2.37. The highest BCUT2D eigenvalue weighted by molar-refractivity contribution is 5.15. The number of ether oxygens (including phenoxy) is 2. The molecule has 1 rings (SSSR count). The first-order valence-electron chi connectivity index (χ1n) is 16.5. The van der Waals surface area contributed by atoms with Crippen LogP contribution in [0.3, 0.4) is 0 Å². The predicted molar refractivity (Wildman–Crippen MR) is 181 cm³/mol. The standard InChI is InChI=1S/C38H64O4/c1-30(2)12-8-14-32(5)16-10-17-34(7)20-21-36-26-35(19-11-18-33(6)15-9-13-31(3)4)27-37(28-41-24-22-39)38(36)29-42-25-23-40/h12-13,16,18,26,36-40H,7-11,14-15,17,19-25,27-29H2,1-6H3/b32-16+,33-18+/t36-,37-,38+/m0/s1. The third-order valence-electron chi connectivity index (χ3n) is 8.21. The summed E-state index contributed by atoms with van der Waals surface area (Å²) in [7, 11) is 0. The molecule has 0 aromatic carbocycles. The maximum absolute atomic E-state index is 9.32. The van der Waals surface area contributed by atoms with E-state index in [0.29, 0.717) is 44.2 Å². The van der Waals surface area contributed by atoms with E-state index in [1.165, 1.54) is 33.4 Å². The molecule has 0 saturated carbocycles. The molecule has 42 heavy (non-hydrogen) atoms. The van der Waals surface area contributed by atoms with Crippen LogP contribution in [0, 0.1) is 17.8 Å². The summed E-state index contributed by atoms with van der Waals surface area (Å²) in [5, 5.41) is 18.6. The molecule has 0 radical (unpaired) electrons. The van der Waals surface area contributed by atoms with Crippen LogP contribution in [0.4, 0.5) is 0 Å². The van der Waals surface area contributed by atoms with Gasteiger partial charge in [-0.3, -0.25) is 0 Å². The van der Waals surface area contributed by atoms with Crippen molar-refractivity contribution in [3.05, 3.63) is 70.4 Å². The molecule has 0 heterocycles. The minimum Gasteiger partial charge on any atom is -0.394 e. The molecule has 0 fully saturated rings. The molecule has 0 unspecified atom stereocenters. The summed E-state index contributed by atoms with van der Waals surface area (Å²) in [6, 6.07) is 0. The van der Waals surface area contributed by atoms with Gasteiger partial charge in [0.2, 0.25) is 0 Å². The molecule has 0 aromatic rings.